The number of ketones is 1. The van der Waals surface area contributed by atoms with Gasteiger partial charge in [0.1, 0.15) is 11.5 Å². The van der Waals surface area contributed by atoms with Crippen molar-refractivity contribution >= 4 is 40.7 Å². The number of rotatable bonds is 7. The third kappa shape index (κ3) is 4.79. The maximum Gasteiger partial charge on any atom is 0.295 e. The summed E-state index contributed by atoms with van der Waals surface area (Å²) in [4.78, 5) is 31.8. The van der Waals surface area contributed by atoms with Crippen LogP contribution in [-0.4, -0.2) is 33.3 Å². The van der Waals surface area contributed by atoms with Crippen LogP contribution in [0.4, 0.5) is 0 Å². The van der Waals surface area contributed by atoms with Gasteiger partial charge in [-0.2, -0.15) is 0 Å². The fraction of sp³-hybridized carbons (Fsp3) is 0.192. The van der Waals surface area contributed by atoms with Crippen molar-refractivity contribution in [3.63, 3.8) is 0 Å². The van der Waals surface area contributed by atoms with E-state index in [9.17, 15) is 14.7 Å². The smallest absolute Gasteiger partial charge is 0.295 e. The summed E-state index contributed by atoms with van der Waals surface area (Å²) in [5.74, 6) is -1.22. The highest BCUT2D eigenvalue weighted by Crippen LogP contribution is 2.42. The lowest BCUT2D eigenvalue weighted by Crippen LogP contribution is -2.29. The number of benzene rings is 2. The number of amides is 1. The number of Topliss-reactive ketones (excluding diaryl/α,β-unsaturated/α-hetero) is 1. The number of hydrogen-bond acceptors (Lipinski definition) is 5. The largest absolute Gasteiger partial charge is 0.507 e. The maximum atomic E-state index is 13.2. The zero-order chi connectivity index (χ0) is 24.2. The molecular weight excluding hydrogens is 475 g/mol. The molecule has 1 aromatic heterocycles. The molecule has 1 atom stereocenters. The summed E-state index contributed by atoms with van der Waals surface area (Å²) < 4.78 is 5.66. The van der Waals surface area contributed by atoms with E-state index in [2.05, 4.69) is 4.98 Å². The molecule has 1 amide bonds. The number of carbonyl (C=O) groups is 2. The average Bonchev–Trinajstić information content (AvgIpc) is 3.09. The predicted molar refractivity (Wildman–Crippen MR) is 131 cm³/mol. The Morgan fingerprint density at radius 1 is 1.06 bits per heavy atom. The monoisotopic (exact) mass is 496 g/mol. The lowest BCUT2D eigenvalue weighted by molar-refractivity contribution is -0.140. The Balaban J connectivity index is 1.84. The molecule has 1 saturated heterocycles. The first-order valence-electron chi connectivity index (χ1n) is 10.8. The van der Waals surface area contributed by atoms with E-state index < -0.39 is 17.7 Å². The van der Waals surface area contributed by atoms with Crippen molar-refractivity contribution in [2.75, 3.05) is 6.61 Å². The minimum Gasteiger partial charge on any atom is -0.507 e. The second kappa shape index (κ2) is 10.3. The van der Waals surface area contributed by atoms with Crippen LogP contribution >= 0.6 is 23.2 Å². The number of carbonyl (C=O) groups excluding carboxylic acids is 2. The van der Waals surface area contributed by atoms with Gasteiger partial charge in [0.25, 0.3) is 11.7 Å². The first-order chi connectivity index (χ1) is 16.4. The Hall–Kier alpha value is -3.35. The van der Waals surface area contributed by atoms with E-state index in [0.29, 0.717) is 28.5 Å². The van der Waals surface area contributed by atoms with E-state index in [1.807, 2.05) is 6.92 Å². The molecule has 0 spiro atoms. The summed E-state index contributed by atoms with van der Waals surface area (Å²) >= 11 is 12.4. The van der Waals surface area contributed by atoms with E-state index >= 15 is 0 Å². The van der Waals surface area contributed by atoms with Crippen LogP contribution in [0.15, 0.2) is 72.6 Å². The summed E-state index contributed by atoms with van der Waals surface area (Å²) in [6, 6.07) is 14.4. The number of hydrogen-bond donors (Lipinski definition) is 1. The van der Waals surface area contributed by atoms with Crippen LogP contribution < -0.4 is 4.74 Å². The van der Waals surface area contributed by atoms with E-state index in [1.165, 1.54) is 4.90 Å². The number of aliphatic hydroxyl groups excluding tert-OH is 1. The second-order valence-electron chi connectivity index (χ2n) is 7.83. The average molecular weight is 497 g/mol. The molecule has 2 aromatic carbocycles. The molecule has 6 nitrogen and oxygen atoms in total. The molecule has 174 valence electrons. The predicted octanol–water partition coefficient (Wildman–Crippen LogP) is 5.80. The molecule has 0 bridgehead atoms. The van der Waals surface area contributed by atoms with Crippen LogP contribution in [0, 0.1) is 0 Å². The molecule has 0 saturated carbocycles. The molecule has 34 heavy (non-hydrogen) atoms. The van der Waals surface area contributed by atoms with E-state index in [4.69, 9.17) is 27.9 Å². The molecule has 1 fully saturated rings. The molecule has 8 heteroatoms. The van der Waals surface area contributed by atoms with Crippen molar-refractivity contribution in [2.24, 2.45) is 0 Å². The minimum atomic E-state index is -0.858. The standard InChI is InChI=1S/C26H22Cl2N2O4/c1-2-12-34-19-5-3-4-18(13-19)24(31)22-23(17-6-7-20(27)21(28)14-17)30(26(33)25(22)32)15-16-8-10-29-11-9-16/h3-11,13-14,23,31H,2,12,15H2,1H3. The van der Waals surface area contributed by atoms with Crippen molar-refractivity contribution in [3.8, 4) is 5.75 Å². The third-order valence-corrected chi connectivity index (χ3v) is 6.22. The molecule has 3 aromatic rings. The summed E-state index contributed by atoms with van der Waals surface area (Å²) in [5, 5.41) is 11.9. The summed E-state index contributed by atoms with van der Waals surface area (Å²) in [6.07, 6.45) is 4.05. The maximum absolute atomic E-state index is 13.2. The van der Waals surface area contributed by atoms with Crippen molar-refractivity contribution < 1.29 is 19.4 Å². The Morgan fingerprint density at radius 3 is 2.53 bits per heavy atom. The minimum absolute atomic E-state index is 0.0231. The number of aliphatic hydroxyl groups is 1. The van der Waals surface area contributed by atoms with Gasteiger partial charge in [0.05, 0.1) is 28.3 Å². The summed E-state index contributed by atoms with van der Waals surface area (Å²) in [6.45, 7) is 2.66. The SMILES string of the molecule is CCCOc1cccc(C(O)=C2C(=O)C(=O)N(Cc3ccncc3)C2c2ccc(Cl)c(Cl)c2)c1. The molecule has 0 radical (unpaired) electrons. The first kappa shape index (κ1) is 23.8. The highest BCUT2D eigenvalue weighted by atomic mass is 35.5. The van der Waals surface area contributed by atoms with Crippen LogP contribution in [0.25, 0.3) is 5.76 Å². The highest BCUT2D eigenvalue weighted by Gasteiger charge is 2.46. The highest BCUT2D eigenvalue weighted by molar-refractivity contribution is 6.46. The number of pyridine rings is 1. The molecule has 4 rings (SSSR count). The van der Waals surface area contributed by atoms with Crippen LogP contribution in [0.2, 0.25) is 10.0 Å². The zero-order valence-electron chi connectivity index (χ0n) is 18.4. The van der Waals surface area contributed by atoms with Gasteiger partial charge in [-0.3, -0.25) is 14.6 Å². The Bertz CT molecular complexity index is 1260. The van der Waals surface area contributed by atoms with Gasteiger partial charge in [-0.1, -0.05) is 48.3 Å². The number of ether oxygens (including phenoxy) is 1. The fourth-order valence-electron chi connectivity index (χ4n) is 3.87. The Kier molecular flexibility index (Phi) is 7.20. The van der Waals surface area contributed by atoms with E-state index in [0.717, 1.165) is 12.0 Å². The van der Waals surface area contributed by atoms with Gasteiger partial charge in [0, 0.05) is 24.5 Å². The number of nitrogens with zero attached hydrogens (tertiary/aromatic N) is 2. The first-order valence-corrected chi connectivity index (χ1v) is 11.5. The molecular formula is C26H22Cl2N2O4. The van der Waals surface area contributed by atoms with Gasteiger partial charge < -0.3 is 14.7 Å². The lowest BCUT2D eigenvalue weighted by Gasteiger charge is -2.25. The molecule has 1 N–H and O–H groups in total. The second-order valence-corrected chi connectivity index (χ2v) is 8.65. The quantitative estimate of drug-likeness (QED) is 0.254. The molecule has 1 unspecified atom stereocenters. The molecule has 0 aliphatic carbocycles. The number of likely N-dealkylation sites (tertiary alicyclic amines) is 1. The Morgan fingerprint density at radius 2 is 1.82 bits per heavy atom. The van der Waals surface area contributed by atoms with E-state index in [-0.39, 0.29) is 22.9 Å². The van der Waals surface area contributed by atoms with Gasteiger partial charge in [0.15, 0.2) is 0 Å². The van der Waals surface area contributed by atoms with Crippen molar-refractivity contribution in [1.82, 2.24) is 9.88 Å². The summed E-state index contributed by atoms with van der Waals surface area (Å²) in [7, 11) is 0. The number of aromatic nitrogens is 1. The van der Waals surface area contributed by atoms with Crippen molar-refractivity contribution in [1.29, 1.82) is 0 Å². The summed E-state index contributed by atoms with van der Waals surface area (Å²) in [5.41, 5.74) is 1.70. The van der Waals surface area contributed by atoms with Crippen molar-refractivity contribution in [3.05, 3.63) is 99.3 Å². The third-order valence-electron chi connectivity index (χ3n) is 5.48. The topological polar surface area (TPSA) is 79.7 Å². The van der Waals surface area contributed by atoms with Gasteiger partial charge in [0.2, 0.25) is 0 Å². The number of halogens is 2. The van der Waals surface area contributed by atoms with Crippen molar-refractivity contribution in [2.45, 2.75) is 25.9 Å². The fourth-order valence-corrected chi connectivity index (χ4v) is 4.17. The molecule has 2 heterocycles. The van der Waals surface area contributed by atoms with Gasteiger partial charge in [-0.15, -0.1) is 0 Å². The Labute approximate surface area is 207 Å². The van der Waals surface area contributed by atoms with Crippen LogP contribution in [0.3, 0.4) is 0 Å². The van der Waals surface area contributed by atoms with Crippen LogP contribution in [0.1, 0.15) is 36.1 Å². The molecule has 1 aliphatic rings. The normalized spacial score (nSPS) is 17.3. The van der Waals surface area contributed by atoms with Gasteiger partial charge >= 0.3 is 0 Å². The van der Waals surface area contributed by atoms with Gasteiger partial charge in [-0.05, 0) is 53.9 Å². The zero-order valence-corrected chi connectivity index (χ0v) is 19.9. The van der Waals surface area contributed by atoms with Crippen LogP contribution in [0.5, 0.6) is 5.75 Å². The van der Waals surface area contributed by atoms with E-state index in [1.54, 1.807) is 67.0 Å². The lowest BCUT2D eigenvalue weighted by atomic mass is 9.95. The molecule has 1 aliphatic heterocycles. The van der Waals surface area contributed by atoms with Gasteiger partial charge in [-0.25, -0.2) is 0 Å². The van der Waals surface area contributed by atoms with Crippen LogP contribution in [-0.2, 0) is 16.1 Å².